The molecule has 1 aromatic rings. The van der Waals surface area contributed by atoms with Gasteiger partial charge in [-0.3, -0.25) is 0 Å². The lowest BCUT2D eigenvalue weighted by molar-refractivity contribution is -0.0704. The first-order valence-electron chi connectivity index (χ1n) is 11.2. The molecule has 4 aliphatic carbocycles. The van der Waals surface area contributed by atoms with Gasteiger partial charge in [0.2, 0.25) is 10.0 Å². The molecule has 0 amide bonds. The molecule has 156 valence electrons. The van der Waals surface area contributed by atoms with E-state index in [4.69, 9.17) is 0 Å². The third-order valence-corrected chi connectivity index (χ3v) is 10.5. The second kappa shape index (κ2) is 6.84. The molecule has 0 aromatic heterocycles. The van der Waals surface area contributed by atoms with Gasteiger partial charge in [0.15, 0.2) is 0 Å². The SMILES string of the molecule is CCC(NS(=O)(=O)c1c(C)c(C)c(C)c(C)c1C)C12CC3CC(CC(C3)C1)C2. The summed E-state index contributed by atoms with van der Waals surface area (Å²) in [6.07, 6.45) is 8.72. The fraction of sp³-hybridized carbons (Fsp3) is 0.750. The Morgan fingerprint density at radius 1 is 0.821 bits per heavy atom. The van der Waals surface area contributed by atoms with Crippen LogP contribution in [-0.2, 0) is 10.0 Å². The molecule has 28 heavy (non-hydrogen) atoms. The maximum Gasteiger partial charge on any atom is 0.241 e. The van der Waals surface area contributed by atoms with E-state index >= 15 is 0 Å². The van der Waals surface area contributed by atoms with Crippen LogP contribution >= 0.6 is 0 Å². The Morgan fingerprint density at radius 3 is 1.61 bits per heavy atom. The number of benzene rings is 1. The first-order valence-corrected chi connectivity index (χ1v) is 12.7. The van der Waals surface area contributed by atoms with E-state index in [0.717, 1.165) is 46.4 Å². The lowest BCUT2D eigenvalue weighted by Crippen LogP contribution is -2.56. The lowest BCUT2D eigenvalue weighted by Gasteiger charge is -2.59. The summed E-state index contributed by atoms with van der Waals surface area (Å²) in [5, 5.41) is 0. The molecule has 0 saturated heterocycles. The molecule has 4 bridgehead atoms. The molecule has 4 heteroatoms. The Morgan fingerprint density at radius 2 is 1.21 bits per heavy atom. The minimum atomic E-state index is -3.54. The zero-order valence-electron chi connectivity index (χ0n) is 18.5. The second-order valence-corrected chi connectivity index (χ2v) is 12.0. The van der Waals surface area contributed by atoms with Crippen molar-refractivity contribution < 1.29 is 8.42 Å². The van der Waals surface area contributed by atoms with Crippen LogP contribution in [0.5, 0.6) is 0 Å². The summed E-state index contributed by atoms with van der Waals surface area (Å²) in [5.41, 5.74) is 5.43. The van der Waals surface area contributed by atoms with E-state index in [1.54, 1.807) is 0 Å². The maximum absolute atomic E-state index is 13.6. The largest absolute Gasteiger partial charge is 0.241 e. The van der Waals surface area contributed by atoms with Crippen molar-refractivity contribution in [3.8, 4) is 0 Å². The third kappa shape index (κ3) is 3.06. The molecule has 4 fully saturated rings. The normalized spacial score (nSPS) is 32.7. The van der Waals surface area contributed by atoms with Crippen LogP contribution in [0, 0.1) is 57.8 Å². The van der Waals surface area contributed by atoms with Crippen molar-refractivity contribution in [2.75, 3.05) is 0 Å². The molecule has 3 nitrogen and oxygen atoms in total. The van der Waals surface area contributed by atoms with Crippen molar-refractivity contribution >= 4 is 10.0 Å². The Labute approximate surface area is 171 Å². The average molecular weight is 404 g/mol. The molecular formula is C24H37NO2S. The molecule has 0 spiro atoms. The van der Waals surface area contributed by atoms with Gasteiger partial charge in [0.25, 0.3) is 0 Å². The monoisotopic (exact) mass is 403 g/mol. The Hall–Kier alpha value is -0.870. The maximum atomic E-state index is 13.6. The molecular weight excluding hydrogens is 366 g/mol. The van der Waals surface area contributed by atoms with Gasteiger partial charge in [0.1, 0.15) is 0 Å². The molecule has 0 aliphatic heterocycles. The summed E-state index contributed by atoms with van der Waals surface area (Å²) in [7, 11) is -3.54. The van der Waals surface area contributed by atoms with Crippen molar-refractivity contribution in [2.24, 2.45) is 23.2 Å². The van der Waals surface area contributed by atoms with Crippen molar-refractivity contribution in [3.05, 3.63) is 27.8 Å². The van der Waals surface area contributed by atoms with Crippen LogP contribution in [0.4, 0.5) is 0 Å². The van der Waals surface area contributed by atoms with Crippen LogP contribution < -0.4 is 4.72 Å². The number of rotatable bonds is 5. The van der Waals surface area contributed by atoms with E-state index < -0.39 is 10.0 Å². The highest BCUT2D eigenvalue weighted by molar-refractivity contribution is 7.89. The molecule has 1 N–H and O–H groups in total. The van der Waals surface area contributed by atoms with Crippen molar-refractivity contribution in [3.63, 3.8) is 0 Å². The fourth-order valence-electron chi connectivity index (χ4n) is 7.36. The standard InChI is InChI=1S/C24H37NO2S/c1-7-22(24-11-19-8-20(12-24)10-21(9-19)13-24)25-28(26,27)23-17(5)15(3)14(2)16(4)18(23)6/h19-22,25H,7-13H2,1-6H3. The summed E-state index contributed by atoms with van der Waals surface area (Å²) < 4.78 is 30.5. The van der Waals surface area contributed by atoms with Gasteiger partial charge < -0.3 is 0 Å². The van der Waals surface area contributed by atoms with Gasteiger partial charge in [-0.2, -0.15) is 0 Å². The zero-order chi connectivity index (χ0) is 20.4. The first kappa shape index (κ1) is 20.4. The van der Waals surface area contributed by atoms with E-state index in [1.807, 2.05) is 27.7 Å². The predicted octanol–water partition coefficient (Wildman–Crippen LogP) is 5.50. The molecule has 1 atom stereocenters. The average Bonchev–Trinajstić information content (AvgIpc) is 2.61. The van der Waals surface area contributed by atoms with Gasteiger partial charge in [-0.05, 0) is 131 Å². The third-order valence-electron chi connectivity index (χ3n) is 8.73. The van der Waals surface area contributed by atoms with E-state index in [2.05, 4.69) is 18.6 Å². The highest BCUT2D eigenvalue weighted by Gasteiger charge is 2.54. The first-order chi connectivity index (χ1) is 13.1. The van der Waals surface area contributed by atoms with Crippen LogP contribution in [0.3, 0.4) is 0 Å². The summed E-state index contributed by atoms with van der Waals surface area (Å²) >= 11 is 0. The molecule has 0 radical (unpaired) electrons. The van der Waals surface area contributed by atoms with Gasteiger partial charge in [-0.25, -0.2) is 13.1 Å². The Bertz CT molecular complexity index is 835. The van der Waals surface area contributed by atoms with E-state index in [1.165, 1.54) is 44.1 Å². The van der Waals surface area contributed by atoms with Gasteiger partial charge in [-0.1, -0.05) is 6.92 Å². The molecule has 5 rings (SSSR count). The molecule has 1 unspecified atom stereocenters. The smallest absolute Gasteiger partial charge is 0.208 e. The topological polar surface area (TPSA) is 46.2 Å². The van der Waals surface area contributed by atoms with Gasteiger partial charge in [0.05, 0.1) is 4.90 Å². The second-order valence-electron chi connectivity index (χ2n) is 10.3. The summed E-state index contributed by atoms with van der Waals surface area (Å²) in [6.45, 7) is 12.3. The zero-order valence-corrected chi connectivity index (χ0v) is 19.3. The number of nitrogens with one attached hydrogen (secondary N) is 1. The Kier molecular flexibility index (Phi) is 4.98. The van der Waals surface area contributed by atoms with E-state index in [0.29, 0.717) is 4.90 Å². The van der Waals surface area contributed by atoms with Crippen molar-refractivity contribution in [2.45, 2.75) is 97.4 Å². The van der Waals surface area contributed by atoms with Crippen LogP contribution in [0.1, 0.15) is 79.7 Å². The van der Waals surface area contributed by atoms with Crippen LogP contribution in [0.25, 0.3) is 0 Å². The highest BCUT2D eigenvalue weighted by Crippen LogP contribution is 2.61. The molecule has 4 saturated carbocycles. The van der Waals surface area contributed by atoms with Crippen molar-refractivity contribution in [1.82, 2.24) is 4.72 Å². The minimum absolute atomic E-state index is 0.0617. The molecule has 0 heterocycles. The van der Waals surface area contributed by atoms with Crippen LogP contribution in [-0.4, -0.2) is 14.5 Å². The minimum Gasteiger partial charge on any atom is -0.208 e. The van der Waals surface area contributed by atoms with Crippen LogP contribution in [0.15, 0.2) is 4.90 Å². The summed E-state index contributed by atoms with van der Waals surface area (Å²) in [6, 6.07) is 0.0617. The number of sulfonamides is 1. The van der Waals surface area contributed by atoms with E-state index in [9.17, 15) is 8.42 Å². The summed E-state index contributed by atoms with van der Waals surface area (Å²) in [5.74, 6) is 2.49. The van der Waals surface area contributed by atoms with Crippen LogP contribution in [0.2, 0.25) is 0 Å². The lowest BCUT2D eigenvalue weighted by atomic mass is 9.47. The van der Waals surface area contributed by atoms with Gasteiger partial charge in [0, 0.05) is 6.04 Å². The van der Waals surface area contributed by atoms with Gasteiger partial charge in [-0.15, -0.1) is 0 Å². The quantitative estimate of drug-likeness (QED) is 0.705. The fourth-order valence-corrected chi connectivity index (χ4v) is 9.38. The predicted molar refractivity (Wildman–Crippen MR) is 115 cm³/mol. The molecule has 1 aromatic carbocycles. The number of hydrogen-bond acceptors (Lipinski definition) is 2. The van der Waals surface area contributed by atoms with Gasteiger partial charge >= 0.3 is 0 Å². The van der Waals surface area contributed by atoms with E-state index in [-0.39, 0.29) is 11.5 Å². The highest BCUT2D eigenvalue weighted by atomic mass is 32.2. The Balaban J connectivity index is 1.70. The molecule has 4 aliphatic rings. The van der Waals surface area contributed by atoms with Crippen molar-refractivity contribution in [1.29, 1.82) is 0 Å². The summed E-state index contributed by atoms with van der Waals surface area (Å²) in [4.78, 5) is 0.524. The number of hydrogen-bond donors (Lipinski definition) is 1.